The summed E-state index contributed by atoms with van der Waals surface area (Å²) >= 11 is 1.58. The maximum atomic E-state index is 13.0. The van der Waals surface area contributed by atoms with E-state index in [-0.39, 0.29) is 5.91 Å². The molecule has 7 heteroatoms. The van der Waals surface area contributed by atoms with Crippen molar-refractivity contribution in [2.24, 2.45) is 0 Å². The third-order valence-corrected chi connectivity index (χ3v) is 5.23. The molecule has 4 rings (SSSR count). The van der Waals surface area contributed by atoms with Crippen molar-refractivity contribution in [3.63, 3.8) is 0 Å². The van der Waals surface area contributed by atoms with Gasteiger partial charge in [-0.1, -0.05) is 35.5 Å². The fourth-order valence-corrected chi connectivity index (χ4v) is 3.82. The second kappa shape index (κ2) is 6.92. The fourth-order valence-electron chi connectivity index (χ4n) is 3.00. The van der Waals surface area contributed by atoms with Gasteiger partial charge in [-0.2, -0.15) is 0 Å². The summed E-state index contributed by atoms with van der Waals surface area (Å²) in [6.45, 7) is 4.07. The number of rotatable bonds is 4. The normalized spacial score (nSPS) is 11.1. The van der Waals surface area contributed by atoms with Crippen molar-refractivity contribution in [2.45, 2.75) is 20.4 Å². The minimum atomic E-state index is -0.105. The van der Waals surface area contributed by atoms with Crippen LogP contribution in [-0.2, 0) is 6.54 Å². The van der Waals surface area contributed by atoms with Crippen LogP contribution in [-0.4, -0.2) is 33.0 Å². The third kappa shape index (κ3) is 3.33. The lowest BCUT2D eigenvalue weighted by atomic mass is 10.1. The Bertz CT molecular complexity index is 1120. The van der Waals surface area contributed by atoms with Crippen molar-refractivity contribution in [1.82, 2.24) is 20.0 Å². The first-order valence-electron chi connectivity index (χ1n) is 8.52. The lowest BCUT2D eigenvalue weighted by molar-refractivity contribution is 0.0785. The number of nitrogens with zero attached hydrogens (tertiary/aromatic N) is 4. The molecule has 136 valence electrons. The largest absolute Gasteiger partial charge is 0.336 e. The van der Waals surface area contributed by atoms with Crippen LogP contribution >= 0.6 is 11.3 Å². The summed E-state index contributed by atoms with van der Waals surface area (Å²) in [6, 6.07) is 11.8. The molecule has 1 aromatic carbocycles. The van der Waals surface area contributed by atoms with Gasteiger partial charge in [0.2, 0.25) is 0 Å². The highest BCUT2D eigenvalue weighted by molar-refractivity contribution is 7.13. The first-order valence-corrected chi connectivity index (χ1v) is 9.40. The molecule has 0 unspecified atom stereocenters. The molecule has 27 heavy (non-hydrogen) atoms. The van der Waals surface area contributed by atoms with Crippen LogP contribution in [0.3, 0.4) is 0 Å². The van der Waals surface area contributed by atoms with Gasteiger partial charge < -0.3 is 9.42 Å². The van der Waals surface area contributed by atoms with Crippen molar-refractivity contribution < 1.29 is 9.32 Å². The van der Waals surface area contributed by atoms with Gasteiger partial charge in [-0.3, -0.25) is 4.79 Å². The molecular weight excluding hydrogens is 360 g/mol. The predicted octanol–water partition coefficient (Wildman–Crippen LogP) is 4.24. The van der Waals surface area contributed by atoms with Gasteiger partial charge >= 0.3 is 0 Å². The predicted molar refractivity (Wildman–Crippen MR) is 105 cm³/mol. The number of aryl methyl sites for hydroxylation is 2. The Balaban J connectivity index is 1.59. The summed E-state index contributed by atoms with van der Waals surface area (Å²) in [5, 5.41) is 7.55. The zero-order valence-corrected chi connectivity index (χ0v) is 16.1. The van der Waals surface area contributed by atoms with Gasteiger partial charge in [0.05, 0.1) is 28.9 Å². The van der Waals surface area contributed by atoms with E-state index in [1.165, 1.54) is 0 Å². The number of fused-ring (bicyclic) bond motifs is 1. The molecule has 3 aromatic heterocycles. The van der Waals surface area contributed by atoms with Gasteiger partial charge in [0.25, 0.3) is 11.6 Å². The van der Waals surface area contributed by atoms with Crippen molar-refractivity contribution >= 4 is 28.3 Å². The summed E-state index contributed by atoms with van der Waals surface area (Å²) in [6.07, 6.45) is 0. The highest BCUT2D eigenvalue weighted by Crippen LogP contribution is 2.26. The Hall–Kier alpha value is -3.06. The van der Waals surface area contributed by atoms with E-state index in [4.69, 9.17) is 4.52 Å². The van der Waals surface area contributed by atoms with E-state index in [0.29, 0.717) is 28.9 Å². The van der Waals surface area contributed by atoms with Gasteiger partial charge in [0, 0.05) is 23.7 Å². The molecule has 6 nitrogen and oxygen atoms in total. The molecule has 0 aliphatic carbocycles. The zero-order chi connectivity index (χ0) is 19.0. The minimum Gasteiger partial charge on any atom is -0.336 e. The topological polar surface area (TPSA) is 72.1 Å². The van der Waals surface area contributed by atoms with Crippen LogP contribution in [0.5, 0.6) is 0 Å². The molecule has 4 aromatic rings. The van der Waals surface area contributed by atoms with E-state index in [9.17, 15) is 4.79 Å². The van der Waals surface area contributed by atoms with Crippen LogP contribution < -0.4 is 0 Å². The number of pyridine rings is 1. The summed E-state index contributed by atoms with van der Waals surface area (Å²) < 4.78 is 5.23. The summed E-state index contributed by atoms with van der Waals surface area (Å²) in [5.74, 6) is -0.105. The number of aromatic nitrogens is 3. The van der Waals surface area contributed by atoms with E-state index in [1.807, 2.05) is 49.6 Å². The highest BCUT2D eigenvalue weighted by Gasteiger charge is 2.21. The van der Waals surface area contributed by atoms with Crippen LogP contribution in [0.1, 0.15) is 27.4 Å². The van der Waals surface area contributed by atoms with Crippen LogP contribution in [0, 0.1) is 13.8 Å². The Labute approximate surface area is 160 Å². The second-order valence-electron chi connectivity index (χ2n) is 6.43. The van der Waals surface area contributed by atoms with E-state index in [0.717, 1.165) is 22.0 Å². The molecule has 0 fully saturated rings. The van der Waals surface area contributed by atoms with Crippen molar-refractivity contribution in [3.05, 3.63) is 64.4 Å². The third-order valence-electron chi connectivity index (χ3n) is 4.29. The summed E-state index contributed by atoms with van der Waals surface area (Å²) in [5.41, 5.74) is 4.26. The average Bonchev–Trinajstić information content (AvgIpc) is 3.28. The molecule has 0 N–H and O–H groups in total. The number of carbonyl (C=O) groups excluding carboxylic acids is 1. The van der Waals surface area contributed by atoms with Gasteiger partial charge in [-0.05, 0) is 19.9 Å². The van der Waals surface area contributed by atoms with Crippen molar-refractivity contribution in [1.29, 1.82) is 0 Å². The molecule has 0 saturated heterocycles. The number of amides is 1. The van der Waals surface area contributed by atoms with Crippen molar-refractivity contribution in [2.75, 3.05) is 7.05 Å². The first kappa shape index (κ1) is 17.4. The molecule has 0 atom stereocenters. The smallest absolute Gasteiger partial charge is 0.258 e. The average molecular weight is 378 g/mol. The van der Waals surface area contributed by atoms with E-state index in [2.05, 4.69) is 15.1 Å². The molecule has 0 bridgehead atoms. The maximum Gasteiger partial charge on any atom is 0.258 e. The molecule has 0 radical (unpaired) electrons. The number of carbonyl (C=O) groups is 1. The molecule has 3 heterocycles. The number of benzene rings is 1. The van der Waals surface area contributed by atoms with E-state index >= 15 is 0 Å². The first-order chi connectivity index (χ1) is 13.0. The monoisotopic (exact) mass is 378 g/mol. The number of hydrogen-bond acceptors (Lipinski definition) is 6. The van der Waals surface area contributed by atoms with Crippen LogP contribution in [0.2, 0.25) is 0 Å². The standard InChI is InChI=1S/C20H18N4O2S/c1-12-9-16(17-13(2)23-26-18(17)21-12)20(25)24(3)10-15-11-27-19(22-15)14-7-5-4-6-8-14/h4-9,11H,10H2,1-3H3. The number of thiazole rings is 1. The van der Waals surface area contributed by atoms with Gasteiger partial charge in [0.15, 0.2) is 0 Å². The van der Waals surface area contributed by atoms with Crippen LogP contribution in [0.15, 0.2) is 46.3 Å². The van der Waals surface area contributed by atoms with Gasteiger partial charge in [0.1, 0.15) is 5.01 Å². The zero-order valence-electron chi connectivity index (χ0n) is 15.3. The van der Waals surface area contributed by atoms with E-state index < -0.39 is 0 Å². The molecule has 0 spiro atoms. The highest BCUT2D eigenvalue weighted by atomic mass is 32.1. The Morgan fingerprint density at radius 2 is 1.96 bits per heavy atom. The molecule has 0 saturated carbocycles. The SMILES string of the molecule is Cc1cc(C(=O)N(C)Cc2csc(-c3ccccc3)n2)c2c(C)noc2n1. The lowest BCUT2D eigenvalue weighted by Gasteiger charge is -2.16. The fraction of sp³-hybridized carbons (Fsp3) is 0.200. The lowest BCUT2D eigenvalue weighted by Crippen LogP contribution is -2.26. The second-order valence-corrected chi connectivity index (χ2v) is 7.29. The van der Waals surface area contributed by atoms with Crippen LogP contribution in [0.4, 0.5) is 0 Å². The van der Waals surface area contributed by atoms with Gasteiger partial charge in [-0.25, -0.2) is 9.97 Å². The van der Waals surface area contributed by atoms with Gasteiger partial charge in [-0.15, -0.1) is 11.3 Å². The Morgan fingerprint density at radius 1 is 1.19 bits per heavy atom. The minimum absolute atomic E-state index is 0.105. The summed E-state index contributed by atoms with van der Waals surface area (Å²) in [7, 11) is 1.77. The van der Waals surface area contributed by atoms with Crippen molar-refractivity contribution in [3.8, 4) is 10.6 Å². The molecule has 1 amide bonds. The number of hydrogen-bond donors (Lipinski definition) is 0. The summed E-state index contributed by atoms with van der Waals surface area (Å²) in [4.78, 5) is 23.7. The quantitative estimate of drug-likeness (QED) is 0.531. The van der Waals surface area contributed by atoms with Crippen LogP contribution in [0.25, 0.3) is 21.7 Å². The molecular formula is C20H18N4O2S. The molecule has 0 aliphatic heterocycles. The molecule has 0 aliphatic rings. The maximum absolute atomic E-state index is 13.0. The van der Waals surface area contributed by atoms with E-state index in [1.54, 1.807) is 29.4 Å². The Morgan fingerprint density at radius 3 is 2.74 bits per heavy atom. The Kier molecular flexibility index (Phi) is 4.45.